The number of nitrogens with zero attached hydrogens (tertiary/aromatic N) is 1. The van der Waals surface area contributed by atoms with Crippen LogP contribution in [0.25, 0.3) is 0 Å². The Morgan fingerprint density at radius 1 is 1.50 bits per heavy atom. The van der Waals surface area contributed by atoms with Crippen LogP contribution >= 0.6 is 11.6 Å². The van der Waals surface area contributed by atoms with Gasteiger partial charge in [0.1, 0.15) is 5.75 Å². The summed E-state index contributed by atoms with van der Waals surface area (Å²) >= 11 is 6.05. The zero-order valence-corrected chi connectivity index (χ0v) is 15.1. The van der Waals surface area contributed by atoms with Crippen LogP contribution in [0.2, 0.25) is 5.02 Å². The molecule has 0 radical (unpaired) electrons. The van der Waals surface area contributed by atoms with E-state index in [-0.39, 0.29) is 24.0 Å². The molecule has 2 fully saturated rings. The van der Waals surface area contributed by atoms with Crippen LogP contribution in [0.1, 0.15) is 13.3 Å². The summed E-state index contributed by atoms with van der Waals surface area (Å²) in [5.74, 6) is 0.474. The van der Waals surface area contributed by atoms with E-state index in [1.165, 1.54) is 22.5 Å². The Morgan fingerprint density at radius 2 is 2.29 bits per heavy atom. The van der Waals surface area contributed by atoms with Gasteiger partial charge in [0.15, 0.2) is 0 Å². The molecule has 0 unspecified atom stereocenters. The van der Waals surface area contributed by atoms with E-state index >= 15 is 0 Å². The predicted molar refractivity (Wildman–Crippen MR) is 89.8 cm³/mol. The molecular weight excluding hydrogens is 354 g/mol. The highest BCUT2D eigenvalue weighted by molar-refractivity contribution is 7.89. The van der Waals surface area contributed by atoms with Crippen molar-refractivity contribution in [2.45, 2.75) is 18.2 Å². The van der Waals surface area contributed by atoms with Crippen molar-refractivity contribution < 1.29 is 23.0 Å². The topological polar surface area (TPSA) is 76.1 Å². The molecule has 0 aromatic heterocycles. The third kappa shape index (κ3) is 3.04. The summed E-state index contributed by atoms with van der Waals surface area (Å²) in [6, 6.07) is 4.49. The Hall–Kier alpha value is -0.860. The van der Waals surface area contributed by atoms with E-state index in [1.807, 2.05) is 6.92 Å². The summed E-state index contributed by atoms with van der Waals surface area (Å²) in [6.45, 7) is 3.81. The van der Waals surface area contributed by atoms with Crippen LogP contribution in [0.4, 0.5) is 0 Å². The van der Waals surface area contributed by atoms with E-state index < -0.39 is 15.4 Å². The first-order valence-corrected chi connectivity index (χ1v) is 9.86. The summed E-state index contributed by atoms with van der Waals surface area (Å²) in [6.07, 6.45) is 0.761. The molecule has 0 spiro atoms. The monoisotopic (exact) mass is 375 g/mol. The molecule has 2 heterocycles. The van der Waals surface area contributed by atoms with Gasteiger partial charge in [0.05, 0.1) is 29.7 Å². The van der Waals surface area contributed by atoms with Gasteiger partial charge in [-0.05, 0) is 31.4 Å². The molecule has 1 aromatic carbocycles. The van der Waals surface area contributed by atoms with Crippen LogP contribution in [0.15, 0.2) is 23.1 Å². The lowest BCUT2D eigenvalue weighted by atomic mass is 9.76. The minimum absolute atomic E-state index is 0.0749. The van der Waals surface area contributed by atoms with Crippen molar-refractivity contribution in [1.82, 2.24) is 4.31 Å². The molecule has 0 amide bonds. The summed E-state index contributed by atoms with van der Waals surface area (Å²) in [5.41, 5.74) is -0.500. The molecule has 1 aromatic rings. The van der Waals surface area contributed by atoms with Gasteiger partial charge >= 0.3 is 0 Å². The molecule has 2 saturated heterocycles. The van der Waals surface area contributed by atoms with E-state index in [9.17, 15) is 13.5 Å². The molecule has 2 atom stereocenters. The molecule has 8 heteroatoms. The zero-order chi connectivity index (χ0) is 17.4. The fraction of sp³-hybridized carbons (Fsp3) is 0.625. The average molecular weight is 376 g/mol. The second-order valence-electron chi connectivity index (χ2n) is 6.38. The number of sulfonamides is 1. The fourth-order valence-corrected chi connectivity index (χ4v) is 5.28. The Kier molecular flexibility index (Phi) is 5.09. The molecule has 24 heavy (non-hydrogen) atoms. The first-order chi connectivity index (χ1) is 11.4. The standard InChI is InChI=1S/C16H22ClNO5S/c1-2-23-15-7-13(3-4-14(15)17)24(20,21)18-8-12-5-6-22-11-16(12,9-18)10-19/h3-4,7,12,19H,2,5-6,8-11H2,1H3/t12-,16+/m0/s1. The molecule has 2 aliphatic rings. The Bertz CT molecular complexity index is 710. The largest absolute Gasteiger partial charge is 0.492 e. The van der Waals surface area contributed by atoms with E-state index in [1.54, 1.807) is 0 Å². The van der Waals surface area contributed by atoms with Crippen LogP contribution in [0, 0.1) is 11.3 Å². The maximum absolute atomic E-state index is 13.0. The van der Waals surface area contributed by atoms with E-state index in [0.29, 0.717) is 37.1 Å². The summed E-state index contributed by atoms with van der Waals surface area (Å²) < 4.78 is 38.4. The van der Waals surface area contributed by atoms with Gasteiger partial charge < -0.3 is 14.6 Å². The first-order valence-electron chi connectivity index (χ1n) is 8.04. The number of aliphatic hydroxyl groups is 1. The zero-order valence-electron chi connectivity index (χ0n) is 13.6. The molecule has 0 aliphatic carbocycles. The Labute approximate surface area is 147 Å². The Balaban J connectivity index is 1.90. The number of aliphatic hydroxyl groups excluding tert-OH is 1. The van der Waals surface area contributed by atoms with E-state index in [0.717, 1.165) is 6.42 Å². The third-order valence-corrected chi connectivity index (χ3v) is 7.06. The number of halogens is 1. The van der Waals surface area contributed by atoms with Gasteiger partial charge in [-0.2, -0.15) is 4.31 Å². The maximum Gasteiger partial charge on any atom is 0.243 e. The van der Waals surface area contributed by atoms with Crippen LogP contribution in [-0.2, 0) is 14.8 Å². The average Bonchev–Trinajstić information content (AvgIpc) is 2.98. The lowest BCUT2D eigenvalue weighted by Gasteiger charge is -2.36. The van der Waals surface area contributed by atoms with Crippen molar-refractivity contribution in [3.05, 3.63) is 23.2 Å². The highest BCUT2D eigenvalue weighted by Crippen LogP contribution is 2.43. The van der Waals surface area contributed by atoms with Crippen LogP contribution in [-0.4, -0.2) is 57.3 Å². The second-order valence-corrected chi connectivity index (χ2v) is 8.73. The molecule has 0 bridgehead atoms. The highest BCUT2D eigenvalue weighted by atomic mass is 35.5. The van der Waals surface area contributed by atoms with Crippen molar-refractivity contribution in [3.8, 4) is 5.75 Å². The summed E-state index contributed by atoms with van der Waals surface area (Å²) in [5, 5.41) is 10.2. The lowest BCUT2D eigenvalue weighted by molar-refractivity contribution is -0.0552. The van der Waals surface area contributed by atoms with E-state index in [2.05, 4.69) is 0 Å². The first kappa shape index (κ1) is 17.9. The number of hydrogen-bond donors (Lipinski definition) is 1. The van der Waals surface area contributed by atoms with Crippen molar-refractivity contribution >= 4 is 21.6 Å². The van der Waals surface area contributed by atoms with Gasteiger partial charge in [0.25, 0.3) is 0 Å². The second kappa shape index (κ2) is 6.80. The molecule has 134 valence electrons. The third-order valence-electron chi connectivity index (χ3n) is 4.94. The van der Waals surface area contributed by atoms with Crippen molar-refractivity contribution in [2.75, 3.05) is 39.5 Å². The van der Waals surface area contributed by atoms with Crippen LogP contribution in [0.5, 0.6) is 5.75 Å². The number of benzene rings is 1. The maximum atomic E-state index is 13.0. The van der Waals surface area contributed by atoms with Gasteiger partial charge in [-0.25, -0.2) is 8.42 Å². The predicted octanol–water partition coefficient (Wildman–Crippen LogP) is 1.76. The molecule has 2 aliphatic heterocycles. The molecule has 1 N–H and O–H groups in total. The number of ether oxygens (including phenoxy) is 2. The van der Waals surface area contributed by atoms with Crippen LogP contribution in [0.3, 0.4) is 0 Å². The number of fused-ring (bicyclic) bond motifs is 1. The quantitative estimate of drug-likeness (QED) is 0.848. The van der Waals surface area contributed by atoms with Gasteiger partial charge in [-0.15, -0.1) is 0 Å². The minimum Gasteiger partial charge on any atom is -0.492 e. The number of rotatable bonds is 5. The number of hydrogen-bond acceptors (Lipinski definition) is 5. The van der Waals surface area contributed by atoms with Crippen molar-refractivity contribution in [1.29, 1.82) is 0 Å². The molecule has 6 nitrogen and oxygen atoms in total. The van der Waals surface area contributed by atoms with E-state index in [4.69, 9.17) is 21.1 Å². The van der Waals surface area contributed by atoms with Gasteiger partial charge in [0, 0.05) is 31.2 Å². The highest BCUT2D eigenvalue weighted by Gasteiger charge is 2.51. The van der Waals surface area contributed by atoms with Crippen molar-refractivity contribution in [3.63, 3.8) is 0 Å². The van der Waals surface area contributed by atoms with Gasteiger partial charge in [-0.1, -0.05) is 11.6 Å². The van der Waals surface area contributed by atoms with Crippen LogP contribution < -0.4 is 4.74 Å². The van der Waals surface area contributed by atoms with Crippen molar-refractivity contribution in [2.24, 2.45) is 11.3 Å². The smallest absolute Gasteiger partial charge is 0.243 e. The molecular formula is C16H22ClNO5S. The SMILES string of the molecule is CCOc1cc(S(=O)(=O)N2C[C@@H]3CCOC[C@]3(CO)C2)ccc1Cl. The van der Waals surface area contributed by atoms with Gasteiger partial charge in [0.2, 0.25) is 10.0 Å². The summed E-state index contributed by atoms with van der Waals surface area (Å²) in [7, 11) is -3.67. The molecule has 3 rings (SSSR count). The molecule has 0 saturated carbocycles. The normalized spacial score (nSPS) is 27.9. The Morgan fingerprint density at radius 3 is 2.96 bits per heavy atom. The summed E-state index contributed by atoms with van der Waals surface area (Å²) in [4.78, 5) is 0.156. The lowest BCUT2D eigenvalue weighted by Crippen LogP contribution is -2.43. The fourth-order valence-electron chi connectivity index (χ4n) is 3.51. The minimum atomic E-state index is -3.67. The van der Waals surface area contributed by atoms with Gasteiger partial charge in [-0.3, -0.25) is 0 Å².